The van der Waals surface area contributed by atoms with E-state index in [0.29, 0.717) is 18.0 Å². The molecule has 0 radical (unpaired) electrons. The average molecular weight is 336 g/mol. The largest absolute Gasteiger partial charge is 0.469 e. The summed E-state index contributed by atoms with van der Waals surface area (Å²) in [5.41, 5.74) is 0.907. The van der Waals surface area contributed by atoms with Crippen LogP contribution in [0.4, 0.5) is 0 Å². The fraction of sp³-hybridized carbons (Fsp3) is 0.333. The van der Waals surface area contributed by atoms with E-state index >= 15 is 0 Å². The Morgan fingerprint density at radius 2 is 1.96 bits per heavy atom. The first-order valence-electron chi connectivity index (χ1n) is 7.57. The Labute approximate surface area is 142 Å². The van der Waals surface area contributed by atoms with Crippen molar-refractivity contribution in [3.8, 4) is 0 Å². The van der Waals surface area contributed by atoms with Crippen molar-refractivity contribution in [1.82, 2.24) is 5.32 Å². The van der Waals surface area contributed by atoms with Gasteiger partial charge in [0.2, 0.25) is 5.91 Å². The van der Waals surface area contributed by atoms with E-state index in [9.17, 15) is 9.59 Å². The zero-order valence-electron chi connectivity index (χ0n) is 13.3. The van der Waals surface area contributed by atoms with E-state index in [1.54, 1.807) is 12.2 Å². The molecule has 1 N–H and O–H groups in total. The molecule has 0 bridgehead atoms. The van der Waals surface area contributed by atoms with Gasteiger partial charge >= 0.3 is 5.97 Å². The second kappa shape index (κ2) is 11.5. The molecule has 124 valence electrons. The molecule has 1 aromatic carbocycles. The van der Waals surface area contributed by atoms with E-state index in [4.69, 9.17) is 11.6 Å². The number of hydrogen-bond acceptors (Lipinski definition) is 3. The maximum Gasteiger partial charge on any atom is 0.305 e. The van der Waals surface area contributed by atoms with E-state index in [-0.39, 0.29) is 11.9 Å². The molecule has 1 amide bonds. The van der Waals surface area contributed by atoms with Gasteiger partial charge in [0.15, 0.2) is 0 Å². The van der Waals surface area contributed by atoms with Crippen LogP contribution in [0, 0.1) is 0 Å². The number of benzene rings is 1. The molecule has 0 heterocycles. The van der Waals surface area contributed by atoms with Crippen molar-refractivity contribution in [2.75, 3.05) is 13.7 Å². The van der Waals surface area contributed by atoms with Gasteiger partial charge < -0.3 is 10.1 Å². The molecule has 0 fully saturated rings. The van der Waals surface area contributed by atoms with E-state index in [1.807, 2.05) is 30.3 Å². The minimum atomic E-state index is -0.192. The van der Waals surface area contributed by atoms with Gasteiger partial charge in [-0.2, -0.15) is 0 Å². The molecule has 0 aliphatic heterocycles. The summed E-state index contributed by atoms with van der Waals surface area (Å²) in [5.74, 6) is -0.330. The summed E-state index contributed by atoms with van der Waals surface area (Å²) >= 11 is 6.02. The number of ether oxygens (including phenoxy) is 1. The number of hydrogen-bond donors (Lipinski definition) is 1. The highest BCUT2D eigenvalue weighted by molar-refractivity contribution is 6.32. The number of unbranched alkanes of at least 4 members (excludes halogenated alkanes) is 2. The fourth-order valence-electron chi connectivity index (χ4n) is 1.86. The summed E-state index contributed by atoms with van der Waals surface area (Å²) in [5, 5.41) is 3.47. The first-order chi connectivity index (χ1) is 11.1. The van der Waals surface area contributed by atoms with Crippen molar-refractivity contribution >= 4 is 29.6 Å². The number of methoxy groups -OCH3 is 1. The predicted molar refractivity (Wildman–Crippen MR) is 93.1 cm³/mol. The Kier molecular flexibility index (Phi) is 9.48. The number of nitrogens with one attached hydrogen (secondary N) is 1. The summed E-state index contributed by atoms with van der Waals surface area (Å²) in [6, 6.07) is 7.50. The summed E-state index contributed by atoms with van der Waals surface area (Å²) < 4.78 is 4.56. The first-order valence-corrected chi connectivity index (χ1v) is 7.95. The van der Waals surface area contributed by atoms with Gasteiger partial charge in [-0.1, -0.05) is 54.4 Å². The van der Waals surface area contributed by atoms with E-state index in [0.717, 1.165) is 24.8 Å². The second-order valence-corrected chi connectivity index (χ2v) is 5.32. The van der Waals surface area contributed by atoms with Crippen LogP contribution in [-0.2, 0) is 14.3 Å². The molecular formula is C18H22ClNO3. The maximum absolute atomic E-state index is 11.6. The van der Waals surface area contributed by atoms with Crippen molar-refractivity contribution in [2.24, 2.45) is 0 Å². The second-order valence-electron chi connectivity index (χ2n) is 4.92. The van der Waals surface area contributed by atoms with Crippen LogP contribution in [0.3, 0.4) is 0 Å². The highest BCUT2D eigenvalue weighted by Gasteiger charge is 1.99. The Bertz CT molecular complexity index is 567. The standard InChI is InChI=1S/C18H22ClNO3/c1-23-18(22)13-3-2-8-14-20-17(21)12-7-5-10-15-9-4-6-11-16(15)19/h4-7,9-12H,2-3,8,13-14H2,1H3,(H,20,21)/b10-5+,12-7+. The Balaban J connectivity index is 2.16. The lowest BCUT2D eigenvalue weighted by Gasteiger charge is -2.02. The quantitative estimate of drug-likeness (QED) is 0.323. The highest BCUT2D eigenvalue weighted by Crippen LogP contribution is 2.16. The molecule has 0 aromatic heterocycles. The molecule has 1 aromatic rings. The molecule has 0 saturated carbocycles. The monoisotopic (exact) mass is 335 g/mol. The Morgan fingerprint density at radius 1 is 1.17 bits per heavy atom. The number of rotatable bonds is 9. The summed E-state index contributed by atoms with van der Waals surface area (Å²) in [6.45, 7) is 0.596. The summed E-state index contributed by atoms with van der Waals surface area (Å²) in [4.78, 5) is 22.5. The third kappa shape index (κ3) is 8.83. The lowest BCUT2D eigenvalue weighted by molar-refractivity contribution is -0.140. The molecule has 5 heteroatoms. The molecular weight excluding hydrogens is 314 g/mol. The van der Waals surface area contributed by atoms with Crippen molar-refractivity contribution < 1.29 is 14.3 Å². The molecule has 1 rings (SSSR count). The van der Waals surface area contributed by atoms with Crippen LogP contribution in [-0.4, -0.2) is 25.5 Å². The van der Waals surface area contributed by atoms with Gasteiger partial charge in [0.25, 0.3) is 0 Å². The molecule has 0 unspecified atom stereocenters. The molecule has 0 saturated heterocycles. The molecule has 0 spiro atoms. The summed E-state index contributed by atoms with van der Waals surface area (Å²) in [7, 11) is 1.38. The van der Waals surface area contributed by atoms with Crippen LogP contribution < -0.4 is 5.32 Å². The van der Waals surface area contributed by atoms with Crippen LogP contribution in [0.2, 0.25) is 5.02 Å². The first kappa shape index (κ1) is 19.0. The third-order valence-corrected chi connectivity index (χ3v) is 3.47. The van der Waals surface area contributed by atoms with Crippen molar-refractivity contribution in [2.45, 2.75) is 25.7 Å². The number of allylic oxidation sites excluding steroid dienone is 2. The molecule has 0 atom stereocenters. The van der Waals surface area contributed by atoms with Crippen molar-refractivity contribution in [1.29, 1.82) is 0 Å². The van der Waals surface area contributed by atoms with Crippen LogP contribution in [0.1, 0.15) is 31.2 Å². The minimum Gasteiger partial charge on any atom is -0.469 e. The molecule has 0 aliphatic carbocycles. The van der Waals surface area contributed by atoms with E-state index < -0.39 is 0 Å². The topological polar surface area (TPSA) is 55.4 Å². The molecule has 4 nitrogen and oxygen atoms in total. The van der Waals surface area contributed by atoms with Gasteiger partial charge in [0.1, 0.15) is 0 Å². The zero-order chi connectivity index (χ0) is 16.9. The zero-order valence-corrected chi connectivity index (χ0v) is 14.0. The van der Waals surface area contributed by atoms with Crippen molar-refractivity contribution in [3.63, 3.8) is 0 Å². The van der Waals surface area contributed by atoms with Crippen LogP contribution >= 0.6 is 11.6 Å². The van der Waals surface area contributed by atoms with Gasteiger partial charge in [0.05, 0.1) is 7.11 Å². The van der Waals surface area contributed by atoms with Crippen molar-refractivity contribution in [3.05, 3.63) is 53.1 Å². The van der Waals surface area contributed by atoms with E-state index in [2.05, 4.69) is 10.1 Å². The average Bonchev–Trinajstić information content (AvgIpc) is 2.56. The van der Waals surface area contributed by atoms with Gasteiger partial charge in [-0.25, -0.2) is 0 Å². The summed E-state index contributed by atoms with van der Waals surface area (Å²) in [6.07, 6.45) is 9.70. The predicted octanol–water partition coefficient (Wildman–Crippen LogP) is 3.76. The SMILES string of the molecule is COC(=O)CCCCCNC(=O)/C=C/C=C/c1ccccc1Cl. The van der Waals surface area contributed by atoms with Crippen LogP contribution in [0.5, 0.6) is 0 Å². The number of halogens is 1. The lowest BCUT2D eigenvalue weighted by atomic mass is 10.2. The maximum atomic E-state index is 11.6. The Morgan fingerprint density at radius 3 is 2.70 bits per heavy atom. The van der Waals surface area contributed by atoms with Gasteiger partial charge in [0, 0.05) is 24.1 Å². The smallest absolute Gasteiger partial charge is 0.305 e. The van der Waals surface area contributed by atoms with Gasteiger partial charge in [-0.3, -0.25) is 9.59 Å². The van der Waals surface area contributed by atoms with E-state index in [1.165, 1.54) is 13.2 Å². The number of amides is 1. The number of esters is 1. The lowest BCUT2D eigenvalue weighted by Crippen LogP contribution is -2.22. The van der Waals surface area contributed by atoms with Gasteiger partial charge in [-0.05, 0) is 24.5 Å². The molecule has 0 aliphatic rings. The van der Waals surface area contributed by atoms with Crippen LogP contribution in [0.15, 0.2) is 42.5 Å². The number of carbonyl (C=O) groups excluding carboxylic acids is 2. The normalized spacial score (nSPS) is 11.0. The minimum absolute atomic E-state index is 0.137. The van der Waals surface area contributed by atoms with Crippen LogP contribution in [0.25, 0.3) is 6.08 Å². The third-order valence-electron chi connectivity index (χ3n) is 3.12. The Hall–Kier alpha value is -2.07. The fourth-order valence-corrected chi connectivity index (χ4v) is 2.05. The van der Waals surface area contributed by atoms with Gasteiger partial charge in [-0.15, -0.1) is 0 Å². The number of carbonyl (C=O) groups is 2. The molecule has 23 heavy (non-hydrogen) atoms. The highest BCUT2D eigenvalue weighted by atomic mass is 35.5.